The Hall–Kier alpha value is -1.86. The first kappa shape index (κ1) is 17.5. The van der Waals surface area contributed by atoms with Gasteiger partial charge >= 0.3 is 5.97 Å². The Morgan fingerprint density at radius 2 is 2.09 bits per heavy atom. The van der Waals surface area contributed by atoms with Crippen molar-refractivity contribution in [2.45, 2.75) is 13.5 Å². The van der Waals surface area contributed by atoms with Crippen molar-refractivity contribution in [3.63, 3.8) is 0 Å². The molecular weight excluding hydrogens is 364 g/mol. The molecule has 0 unspecified atom stereocenters. The number of ether oxygens (including phenoxy) is 3. The van der Waals surface area contributed by atoms with E-state index in [2.05, 4.69) is 21.0 Å². The van der Waals surface area contributed by atoms with E-state index in [0.29, 0.717) is 25.5 Å². The fourth-order valence-electron chi connectivity index (χ4n) is 2.16. The van der Waals surface area contributed by atoms with E-state index in [1.165, 1.54) is 0 Å². The zero-order chi connectivity index (χ0) is 16.8. The second-order valence-electron chi connectivity index (χ2n) is 4.70. The molecule has 6 nitrogen and oxygen atoms in total. The van der Waals surface area contributed by atoms with Gasteiger partial charge in [-0.2, -0.15) is 5.10 Å². The van der Waals surface area contributed by atoms with Crippen LogP contribution in [0.3, 0.4) is 0 Å². The lowest BCUT2D eigenvalue weighted by atomic mass is 10.1. The zero-order valence-electron chi connectivity index (χ0n) is 13.3. The van der Waals surface area contributed by atoms with Crippen LogP contribution in [0.15, 0.2) is 28.7 Å². The third-order valence-electron chi connectivity index (χ3n) is 3.21. The van der Waals surface area contributed by atoms with Crippen molar-refractivity contribution in [2.75, 3.05) is 27.4 Å². The minimum absolute atomic E-state index is 0.267. The molecule has 1 aromatic carbocycles. The summed E-state index contributed by atoms with van der Waals surface area (Å²) in [6.07, 6.45) is 0. The SMILES string of the molecule is CCOC(=O)c1cc(-c2ccc(Br)cc2OC)n(CCOC)n1. The van der Waals surface area contributed by atoms with Crippen LogP contribution in [-0.4, -0.2) is 43.2 Å². The number of aromatic nitrogens is 2. The molecule has 0 aliphatic carbocycles. The zero-order valence-corrected chi connectivity index (χ0v) is 14.9. The molecular formula is C16H19BrN2O4. The van der Waals surface area contributed by atoms with Crippen molar-refractivity contribution in [1.29, 1.82) is 0 Å². The summed E-state index contributed by atoms with van der Waals surface area (Å²) in [5.41, 5.74) is 1.88. The number of carbonyl (C=O) groups excluding carboxylic acids is 1. The highest BCUT2D eigenvalue weighted by molar-refractivity contribution is 9.10. The van der Waals surface area contributed by atoms with E-state index < -0.39 is 5.97 Å². The van der Waals surface area contributed by atoms with Crippen molar-refractivity contribution in [3.05, 3.63) is 34.4 Å². The van der Waals surface area contributed by atoms with E-state index in [1.807, 2.05) is 18.2 Å². The number of nitrogens with zero attached hydrogens (tertiary/aromatic N) is 2. The van der Waals surface area contributed by atoms with Gasteiger partial charge in [0.2, 0.25) is 0 Å². The van der Waals surface area contributed by atoms with Gasteiger partial charge in [0, 0.05) is 17.1 Å². The van der Waals surface area contributed by atoms with Crippen LogP contribution in [0.5, 0.6) is 5.75 Å². The molecule has 23 heavy (non-hydrogen) atoms. The van der Waals surface area contributed by atoms with Crippen LogP contribution in [0.25, 0.3) is 11.3 Å². The number of rotatable bonds is 7. The molecule has 0 radical (unpaired) electrons. The van der Waals surface area contributed by atoms with Gasteiger partial charge in [0.1, 0.15) is 5.75 Å². The van der Waals surface area contributed by atoms with Gasteiger partial charge < -0.3 is 14.2 Å². The van der Waals surface area contributed by atoms with Crippen molar-refractivity contribution in [2.24, 2.45) is 0 Å². The summed E-state index contributed by atoms with van der Waals surface area (Å²) in [6.45, 7) is 3.07. The van der Waals surface area contributed by atoms with Crippen molar-refractivity contribution in [1.82, 2.24) is 9.78 Å². The lowest BCUT2D eigenvalue weighted by Gasteiger charge is -2.11. The molecule has 0 spiro atoms. The van der Waals surface area contributed by atoms with Crippen LogP contribution in [0.4, 0.5) is 0 Å². The molecule has 0 fully saturated rings. The maximum Gasteiger partial charge on any atom is 0.358 e. The van der Waals surface area contributed by atoms with E-state index in [1.54, 1.807) is 31.9 Å². The van der Waals surface area contributed by atoms with Gasteiger partial charge in [0.05, 0.1) is 32.6 Å². The van der Waals surface area contributed by atoms with Gasteiger partial charge in [0.15, 0.2) is 5.69 Å². The quantitative estimate of drug-likeness (QED) is 0.688. The van der Waals surface area contributed by atoms with E-state index >= 15 is 0 Å². The molecule has 0 amide bonds. The molecule has 2 rings (SSSR count). The maximum atomic E-state index is 12.0. The van der Waals surface area contributed by atoms with Gasteiger partial charge in [-0.3, -0.25) is 4.68 Å². The van der Waals surface area contributed by atoms with Gasteiger partial charge in [0.25, 0.3) is 0 Å². The van der Waals surface area contributed by atoms with Crippen LogP contribution in [0.2, 0.25) is 0 Å². The second-order valence-corrected chi connectivity index (χ2v) is 5.61. The van der Waals surface area contributed by atoms with Gasteiger partial charge in [-0.05, 0) is 31.2 Å². The normalized spacial score (nSPS) is 10.6. The van der Waals surface area contributed by atoms with Gasteiger partial charge in [-0.25, -0.2) is 4.79 Å². The molecule has 0 bridgehead atoms. The van der Waals surface area contributed by atoms with Crippen LogP contribution in [0, 0.1) is 0 Å². The monoisotopic (exact) mass is 382 g/mol. The molecule has 1 heterocycles. The fourth-order valence-corrected chi connectivity index (χ4v) is 2.50. The predicted molar refractivity (Wildman–Crippen MR) is 89.7 cm³/mol. The molecule has 124 valence electrons. The highest BCUT2D eigenvalue weighted by atomic mass is 79.9. The first-order valence-electron chi connectivity index (χ1n) is 7.18. The lowest BCUT2D eigenvalue weighted by Crippen LogP contribution is -2.10. The summed E-state index contributed by atoms with van der Waals surface area (Å²) < 4.78 is 18.2. The Morgan fingerprint density at radius 1 is 1.30 bits per heavy atom. The van der Waals surface area contributed by atoms with E-state index in [-0.39, 0.29) is 5.69 Å². The van der Waals surface area contributed by atoms with Crippen LogP contribution in [-0.2, 0) is 16.0 Å². The van der Waals surface area contributed by atoms with E-state index in [4.69, 9.17) is 14.2 Å². The summed E-state index contributed by atoms with van der Waals surface area (Å²) >= 11 is 3.42. The predicted octanol–water partition coefficient (Wildman–Crippen LogP) is 3.14. The van der Waals surface area contributed by atoms with Gasteiger partial charge in [-0.1, -0.05) is 15.9 Å². The van der Waals surface area contributed by atoms with Crippen molar-refractivity contribution in [3.8, 4) is 17.0 Å². The Kier molecular flexibility index (Phi) is 6.18. The molecule has 0 atom stereocenters. The third kappa shape index (κ3) is 4.11. The van der Waals surface area contributed by atoms with Crippen LogP contribution < -0.4 is 4.74 Å². The molecule has 0 aliphatic heterocycles. The number of carbonyl (C=O) groups is 1. The molecule has 0 N–H and O–H groups in total. The first-order valence-corrected chi connectivity index (χ1v) is 7.97. The second kappa shape index (κ2) is 8.12. The Labute approximate surface area is 143 Å². The third-order valence-corrected chi connectivity index (χ3v) is 3.70. The number of esters is 1. The van der Waals surface area contributed by atoms with E-state index in [9.17, 15) is 4.79 Å². The lowest BCUT2D eigenvalue weighted by molar-refractivity contribution is 0.0518. The topological polar surface area (TPSA) is 62.6 Å². The number of benzene rings is 1. The van der Waals surface area contributed by atoms with Crippen molar-refractivity contribution < 1.29 is 19.0 Å². The van der Waals surface area contributed by atoms with Gasteiger partial charge in [-0.15, -0.1) is 0 Å². The van der Waals surface area contributed by atoms with Crippen molar-refractivity contribution >= 4 is 21.9 Å². The minimum atomic E-state index is -0.444. The average Bonchev–Trinajstić information content (AvgIpc) is 2.97. The van der Waals surface area contributed by atoms with E-state index in [0.717, 1.165) is 15.7 Å². The fraction of sp³-hybridized carbons (Fsp3) is 0.375. The molecule has 2 aromatic rings. The number of hydrogen-bond donors (Lipinski definition) is 0. The summed E-state index contributed by atoms with van der Waals surface area (Å²) in [5.74, 6) is 0.245. The number of methoxy groups -OCH3 is 2. The number of halogens is 1. The smallest absolute Gasteiger partial charge is 0.358 e. The Morgan fingerprint density at radius 3 is 2.74 bits per heavy atom. The first-order chi connectivity index (χ1) is 11.1. The molecule has 0 saturated heterocycles. The summed E-state index contributed by atoms with van der Waals surface area (Å²) in [4.78, 5) is 12.0. The highest BCUT2D eigenvalue weighted by Crippen LogP contribution is 2.33. The van der Waals surface area contributed by atoms with Crippen LogP contribution in [0.1, 0.15) is 17.4 Å². The standard InChI is InChI=1S/C16H19BrN2O4/c1-4-23-16(20)13-10-14(19(18-13)7-8-21-2)12-6-5-11(17)9-15(12)22-3/h5-6,9-10H,4,7-8H2,1-3H3. The highest BCUT2D eigenvalue weighted by Gasteiger charge is 2.18. The molecule has 0 saturated carbocycles. The Balaban J connectivity index is 2.48. The largest absolute Gasteiger partial charge is 0.496 e. The maximum absolute atomic E-state index is 12.0. The molecule has 1 aromatic heterocycles. The van der Waals surface area contributed by atoms with Crippen LogP contribution >= 0.6 is 15.9 Å². The summed E-state index contributed by atoms with van der Waals surface area (Å²) in [7, 11) is 3.23. The minimum Gasteiger partial charge on any atom is -0.496 e. The average molecular weight is 383 g/mol. The molecule has 0 aliphatic rings. The molecule has 7 heteroatoms. The number of hydrogen-bond acceptors (Lipinski definition) is 5. The summed E-state index contributed by atoms with van der Waals surface area (Å²) in [6, 6.07) is 7.40. The summed E-state index contributed by atoms with van der Waals surface area (Å²) in [5, 5.41) is 4.34. The Bertz CT molecular complexity index is 685.